The molecule has 2 aromatic carbocycles. The first-order chi connectivity index (χ1) is 13.3. The topological polar surface area (TPSA) is 69.7 Å². The van der Waals surface area contributed by atoms with Crippen LogP contribution >= 0.6 is 15.9 Å². The van der Waals surface area contributed by atoms with E-state index in [1.165, 1.54) is 19.3 Å². The zero-order chi connectivity index (χ0) is 20.1. The number of hydrogen-bond donors (Lipinski definition) is 1. The molecule has 3 rings (SSSR count). The zero-order valence-electron chi connectivity index (χ0n) is 15.8. The summed E-state index contributed by atoms with van der Waals surface area (Å²) in [5, 5.41) is 2.78. The van der Waals surface area contributed by atoms with Crippen molar-refractivity contribution in [3.05, 3.63) is 53.0 Å². The summed E-state index contributed by atoms with van der Waals surface area (Å²) in [5.74, 6) is -0.396. The fourth-order valence-electron chi connectivity index (χ4n) is 3.27. The Morgan fingerprint density at radius 1 is 1.07 bits per heavy atom. The Hall–Kier alpha value is -2.06. The molecule has 0 bridgehead atoms. The summed E-state index contributed by atoms with van der Waals surface area (Å²) < 4.78 is 26.1. The van der Waals surface area contributed by atoms with Crippen LogP contribution in [0, 0.1) is 0 Å². The van der Waals surface area contributed by atoms with Crippen LogP contribution in [0.15, 0.2) is 53.0 Å². The number of benzene rings is 2. The molecule has 1 saturated heterocycles. The molecule has 0 spiro atoms. The van der Waals surface area contributed by atoms with E-state index >= 15 is 0 Å². The molecule has 0 aromatic heterocycles. The maximum absolute atomic E-state index is 12.5. The highest BCUT2D eigenvalue weighted by atomic mass is 79.9. The second-order valence-corrected chi connectivity index (χ2v) is 9.62. The van der Waals surface area contributed by atoms with Gasteiger partial charge in [0.25, 0.3) is 0 Å². The molecule has 6 nitrogen and oxygen atoms in total. The highest BCUT2D eigenvalue weighted by molar-refractivity contribution is 9.10. The van der Waals surface area contributed by atoms with E-state index in [4.69, 9.17) is 0 Å². The summed E-state index contributed by atoms with van der Waals surface area (Å²) in [5.41, 5.74) is 2.22. The molecule has 0 atom stereocenters. The maximum atomic E-state index is 12.5. The molecular formula is C20H24BrN3O3S. The molecule has 1 N–H and O–H groups in total. The van der Waals surface area contributed by atoms with Crippen LogP contribution in [0.2, 0.25) is 0 Å². The van der Waals surface area contributed by atoms with Gasteiger partial charge < -0.3 is 10.2 Å². The Morgan fingerprint density at radius 2 is 1.71 bits per heavy atom. The van der Waals surface area contributed by atoms with Crippen molar-refractivity contribution >= 4 is 48.9 Å². The van der Waals surface area contributed by atoms with Crippen LogP contribution in [-0.4, -0.2) is 40.2 Å². The number of nitrogens with zero attached hydrogens (tertiary/aromatic N) is 2. The third-order valence-electron chi connectivity index (χ3n) is 4.68. The van der Waals surface area contributed by atoms with Crippen LogP contribution in [0.25, 0.3) is 0 Å². The third-order valence-corrected chi connectivity index (χ3v) is 6.48. The highest BCUT2D eigenvalue weighted by Crippen LogP contribution is 2.27. The van der Waals surface area contributed by atoms with Gasteiger partial charge in [0.1, 0.15) is 6.54 Å². The molecule has 1 heterocycles. The maximum Gasteiger partial charge on any atom is 0.245 e. The predicted molar refractivity (Wildman–Crippen MR) is 117 cm³/mol. The van der Waals surface area contributed by atoms with Gasteiger partial charge in [0.05, 0.1) is 11.9 Å². The normalized spacial score (nSPS) is 14.6. The van der Waals surface area contributed by atoms with Gasteiger partial charge in [0, 0.05) is 28.9 Å². The molecule has 8 heteroatoms. The summed E-state index contributed by atoms with van der Waals surface area (Å²) in [6.07, 6.45) is 4.77. The molecule has 0 radical (unpaired) electrons. The number of rotatable bonds is 6. The minimum Gasteiger partial charge on any atom is -0.372 e. The molecule has 28 heavy (non-hydrogen) atoms. The first-order valence-corrected chi connectivity index (χ1v) is 11.9. The Bertz CT molecular complexity index is 926. The number of nitrogens with one attached hydrogen (secondary N) is 1. The fraction of sp³-hybridized carbons (Fsp3) is 0.350. The van der Waals surface area contributed by atoms with E-state index in [1.807, 2.05) is 24.3 Å². The number of carbonyl (C=O) groups excluding carboxylic acids is 1. The van der Waals surface area contributed by atoms with Gasteiger partial charge in [0.2, 0.25) is 15.9 Å². The molecule has 1 aliphatic rings. The van der Waals surface area contributed by atoms with Gasteiger partial charge in [-0.1, -0.05) is 12.1 Å². The van der Waals surface area contributed by atoms with Gasteiger partial charge >= 0.3 is 0 Å². The molecule has 1 aliphatic heterocycles. The van der Waals surface area contributed by atoms with Crippen molar-refractivity contribution in [1.29, 1.82) is 0 Å². The monoisotopic (exact) mass is 465 g/mol. The molecule has 2 aromatic rings. The SMILES string of the molecule is CS(=O)(=O)N(CC(=O)Nc1ccc(N2CCCCC2)cc1)c1ccccc1Br. The Morgan fingerprint density at radius 3 is 2.32 bits per heavy atom. The smallest absolute Gasteiger partial charge is 0.245 e. The number of anilines is 3. The van der Waals surface area contributed by atoms with E-state index in [0.29, 0.717) is 15.8 Å². The number of hydrogen-bond acceptors (Lipinski definition) is 4. The van der Waals surface area contributed by atoms with Crippen molar-refractivity contribution in [2.75, 3.05) is 40.4 Å². The van der Waals surface area contributed by atoms with Crippen molar-refractivity contribution < 1.29 is 13.2 Å². The first kappa shape index (κ1) is 20.7. The van der Waals surface area contributed by atoms with Gasteiger partial charge in [-0.25, -0.2) is 8.42 Å². The van der Waals surface area contributed by atoms with Crippen LogP contribution in [-0.2, 0) is 14.8 Å². The Kier molecular flexibility index (Phi) is 6.61. The van der Waals surface area contributed by atoms with Crippen molar-refractivity contribution in [3.8, 4) is 0 Å². The van der Waals surface area contributed by atoms with Crippen molar-refractivity contribution in [2.24, 2.45) is 0 Å². The minimum absolute atomic E-state index is 0.296. The standard InChI is InChI=1S/C20H24BrN3O3S/c1-28(26,27)24(19-8-4-3-7-18(19)21)15-20(25)22-16-9-11-17(12-10-16)23-13-5-2-6-14-23/h3-4,7-12H,2,5-6,13-15H2,1H3,(H,22,25). The van der Waals surface area contributed by atoms with Crippen molar-refractivity contribution in [3.63, 3.8) is 0 Å². The molecule has 0 saturated carbocycles. The van der Waals surface area contributed by atoms with E-state index in [9.17, 15) is 13.2 Å². The quantitative estimate of drug-likeness (QED) is 0.703. The van der Waals surface area contributed by atoms with Crippen LogP contribution in [0.3, 0.4) is 0 Å². The van der Waals surface area contributed by atoms with E-state index in [-0.39, 0.29) is 6.54 Å². The molecule has 150 valence electrons. The Balaban J connectivity index is 1.68. The lowest BCUT2D eigenvalue weighted by Crippen LogP contribution is -2.37. The molecule has 1 fully saturated rings. The molecule has 1 amide bonds. The summed E-state index contributed by atoms with van der Waals surface area (Å²) >= 11 is 3.35. The summed E-state index contributed by atoms with van der Waals surface area (Å²) in [6, 6.07) is 14.6. The number of sulfonamides is 1. The Labute approximate surface area is 174 Å². The fourth-order valence-corrected chi connectivity index (χ4v) is 4.76. The van der Waals surface area contributed by atoms with Crippen LogP contribution in [0.1, 0.15) is 19.3 Å². The van der Waals surface area contributed by atoms with E-state index in [0.717, 1.165) is 29.3 Å². The van der Waals surface area contributed by atoms with E-state index in [2.05, 4.69) is 26.1 Å². The van der Waals surface area contributed by atoms with Gasteiger partial charge in [-0.05, 0) is 71.6 Å². The minimum atomic E-state index is -3.61. The third kappa shape index (κ3) is 5.26. The number of amides is 1. The number of halogens is 1. The second kappa shape index (κ2) is 8.96. The van der Waals surface area contributed by atoms with Crippen LogP contribution < -0.4 is 14.5 Å². The number of carbonyl (C=O) groups is 1. The zero-order valence-corrected chi connectivity index (χ0v) is 18.2. The molecule has 0 aliphatic carbocycles. The first-order valence-electron chi connectivity index (χ1n) is 9.22. The van der Waals surface area contributed by atoms with Crippen molar-refractivity contribution in [2.45, 2.75) is 19.3 Å². The van der Waals surface area contributed by atoms with Gasteiger partial charge in [-0.2, -0.15) is 0 Å². The van der Waals surface area contributed by atoms with Gasteiger partial charge in [-0.15, -0.1) is 0 Å². The second-order valence-electron chi connectivity index (χ2n) is 6.86. The predicted octanol–water partition coefficient (Wildman–Crippen LogP) is 3.84. The average molecular weight is 466 g/mol. The van der Waals surface area contributed by atoms with E-state index in [1.54, 1.807) is 24.3 Å². The molecular weight excluding hydrogens is 442 g/mol. The van der Waals surface area contributed by atoms with Gasteiger partial charge in [-0.3, -0.25) is 9.10 Å². The van der Waals surface area contributed by atoms with Crippen molar-refractivity contribution in [1.82, 2.24) is 0 Å². The largest absolute Gasteiger partial charge is 0.372 e. The summed E-state index contributed by atoms with van der Waals surface area (Å²) in [6.45, 7) is 1.82. The molecule has 0 unspecified atom stereocenters. The lowest BCUT2D eigenvalue weighted by atomic mass is 10.1. The number of para-hydroxylation sites is 1. The van der Waals surface area contributed by atoms with Crippen LogP contribution in [0.5, 0.6) is 0 Å². The van der Waals surface area contributed by atoms with E-state index < -0.39 is 15.9 Å². The average Bonchev–Trinajstić information content (AvgIpc) is 2.67. The lowest BCUT2D eigenvalue weighted by molar-refractivity contribution is -0.114. The summed E-state index contributed by atoms with van der Waals surface area (Å²) in [7, 11) is -3.61. The number of piperidine rings is 1. The van der Waals surface area contributed by atoms with Crippen LogP contribution in [0.4, 0.5) is 17.1 Å². The lowest BCUT2D eigenvalue weighted by Gasteiger charge is -2.29. The summed E-state index contributed by atoms with van der Waals surface area (Å²) in [4.78, 5) is 14.8. The van der Waals surface area contributed by atoms with Gasteiger partial charge in [0.15, 0.2) is 0 Å². The highest BCUT2D eigenvalue weighted by Gasteiger charge is 2.22.